The second-order valence-electron chi connectivity index (χ2n) is 7.61. The highest BCUT2D eigenvalue weighted by Gasteiger charge is 2.45. The molecule has 7 nitrogen and oxygen atoms in total. The zero-order chi connectivity index (χ0) is 20.9. The average molecular weight is 458 g/mol. The van der Waals surface area contributed by atoms with E-state index in [1.807, 2.05) is 0 Å². The second-order valence-corrected chi connectivity index (χ2v) is 10.0. The summed E-state index contributed by atoms with van der Waals surface area (Å²) in [5.74, 6) is 1.41. The number of piperidine rings is 1. The van der Waals surface area contributed by atoms with E-state index in [0.29, 0.717) is 15.9 Å². The van der Waals surface area contributed by atoms with Crippen LogP contribution >= 0.6 is 34.7 Å². The Morgan fingerprint density at radius 2 is 1.97 bits per heavy atom. The van der Waals surface area contributed by atoms with Crippen LogP contribution in [0.2, 0.25) is 5.02 Å². The number of fused-ring (bicyclic) bond motifs is 1. The summed E-state index contributed by atoms with van der Waals surface area (Å²) < 4.78 is 0. The van der Waals surface area contributed by atoms with E-state index in [9.17, 15) is 0 Å². The Bertz CT molecular complexity index is 1140. The number of aromatic nitrogens is 3. The fourth-order valence-corrected chi connectivity index (χ4v) is 6.25. The minimum atomic E-state index is -0.0221. The monoisotopic (exact) mass is 457 g/mol. The number of pyridine rings is 1. The van der Waals surface area contributed by atoms with Crippen molar-refractivity contribution in [2.24, 2.45) is 5.41 Å². The summed E-state index contributed by atoms with van der Waals surface area (Å²) in [6.07, 6.45) is 6.23. The fraction of sp³-hybridized carbons (Fsp3) is 0.300. The zero-order valence-corrected chi connectivity index (χ0v) is 18.4. The highest BCUT2D eigenvalue weighted by Crippen LogP contribution is 2.46. The van der Waals surface area contributed by atoms with Crippen molar-refractivity contribution in [2.75, 3.05) is 29.5 Å². The number of nitrogens with zero attached hydrogens (tertiary/aromatic N) is 4. The number of anilines is 3. The van der Waals surface area contributed by atoms with E-state index in [0.717, 1.165) is 54.3 Å². The van der Waals surface area contributed by atoms with Gasteiger partial charge in [-0.2, -0.15) is 0 Å². The molecule has 0 saturated carbocycles. The van der Waals surface area contributed by atoms with Crippen LogP contribution in [0.15, 0.2) is 39.8 Å². The number of nitrogens with two attached hydrogens (primary N) is 2. The normalized spacial score (nSPS) is 17.5. The summed E-state index contributed by atoms with van der Waals surface area (Å²) in [7, 11) is 0. The summed E-state index contributed by atoms with van der Waals surface area (Å²) in [4.78, 5) is 17.4. The lowest BCUT2D eigenvalue weighted by atomic mass is 9.75. The molecule has 2 aliphatic rings. The Kier molecular flexibility index (Phi) is 4.83. The molecule has 1 aliphatic carbocycles. The molecule has 4 heterocycles. The van der Waals surface area contributed by atoms with Gasteiger partial charge in [-0.25, -0.2) is 15.0 Å². The lowest BCUT2D eigenvalue weighted by molar-refractivity contribution is 0.329. The molecule has 0 aromatic carbocycles. The van der Waals surface area contributed by atoms with Gasteiger partial charge in [-0.05, 0) is 36.8 Å². The van der Waals surface area contributed by atoms with Crippen LogP contribution in [0.1, 0.15) is 23.3 Å². The van der Waals surface area contributed by atoms with Crippen molar-refractivity contribution >= 4 is 57.9 Å². The summed E-state index contributed by atoms with van der Waals surface area (Å²) >= 11 is 9.32. The van der Waals surface area contributed by atoms with Gasteiger partial charge in [0.15, 0.2) is 5.82 Å². The Balaban J connectivity index is 1.30. The molecule has 5 rings (SSSR count). The highest BCUT2D eigenvalue weighted by molar-refractivity contribution is 7.99. The molecule has 0 radical (unpaired) electrons. The van der Waals surface area contributed by atoms with E-state index in [-0.39, 0.29) is 11.2 Å². The molecule has 10 heteroatoms. The van der Waals surface area contributed by atoms with Gasteiger partial charge < -0.3 is 21.8 Å². The van der Waals surface area contributed by atoms with Gasteiger partial charge in [-0.3, -0.25) is 0 Å². The van der Waals surface area contributed by atoms with Crippen molar-refractivity contribution < 1.29 is 0 Å². The van der Waals surface area contributed by atoms with Crippen LogP contribution in [-0.2, 0) is 6.42 Å². The van der Waals surface area contributed by atoms with E-state index in [4.69, 9.17) is 28.5 Å². The molecule has 5 N–H and O–H groups in total. The number of hydrogen-bond donors (Lipinski definition) is 3. The molecule has 1 saturated heterocycles. The molecular weight excluding hydrogens is 438 g/mol. The largest absolute Gasteiger partial charge is 0.382 e. The molecule has 0 unspecified atom stereocenters. The van der Waals surface area contributed by atoms with Crippen molar-refractivity contribution in [3.63, 3.8) is 0 Å². The topological polar surface area (TPSA) is 118 Å². The molecular formula is C20H20ClN7S2. The number of hydrogen-bond acceptors (Lipinski definition) is 9. The van der Waals surface area contributed by atoms with Gasteiger partial charge in [0.05, 0.1) is 11.2 Å². The minimum absolute atomic E-state index is 0.0221. The van der Waals surface area contributed by atoms with Crippen LogP contribution in [0, 0.1) is 10.8 Å². The Morgan fingerprint density at radius 1 is 1.17 bits per heavy atom. The average Bonchev–Trinajstić information content (AvgIpc) is 3.29. The van der Waals surface area contributed by atoms with Crippen molar-refractivity contribution in [3.05, 3.63) is 45.4 Å². The standard InChI is InChI=1S/C20H20ClN7S2/c21-15-12(1-5-25-17(15)23)30-19-18(24)27-14(10-26-19)28-6-3-20(4-7-28)9-13-11(16(20)22)2-8-29-13/h1-2,5,8,10,22H,3-4,6-7,9H2,(H2,23,25)(H2,24,27). The molecule has 1 aliphatic heterocycles. The number of nitrogen functional groups attached to an aromatic ring is 2. The summed E-state index contributed by atoms with van der Waals surface area (Å²) in [5.41, 5.74) is 13.9. The summed E-state index contributed by atoms with van der Waals surface area (Å²) in [5, 5.41) is 11.7. The Morgan fingerprint density at radius 3 is 2.70 bits per heavy atom. The van der Waals surface area contributed by atoms with E-state index >= 15 is 0 Å². The smallest absolute Gasteiger partial charge is 0.158 e. The van der Waals surface area contributed by atoms with Crippen LogP contribution in [0.5, 0.6) is 0 Å². The molecule has 3 aromatic rings. The molecule has 1 fully saturated rings. The third-order valence-electron chi connectivity index (χ3n) is 5.93. The van der Waals surface area contributed by atoms with E-state index in [2.05, 4.69) is 31.3 Å². The lowest BCUT2D eigenvalue weighted by Gasteiger charge is -2.39. The fourth-order valence-electron chi connectivity index (χ4n) is 4.21. The van der Waals surface area contributed by atoms with Crippen molar-refractivity contribution in [2.45, 2.75) is 29.2 Å². The third-order valence-corrected chi connectivity index (χ3v) is 8.43. The third kappa shape index (κ3) is 3.21. The van der Waals surface area contributed by atoms with Gasteiger partial charge >= 0.3 is 0 Å². The maximum Gasteiger partial charge on any atom is 0.158 e. The molecule has 0 amide bonds. The van der Waals surface area contributed by atoms with Gasteiger partial charge in [0.2, 0.25) is 0 Å². The lowest BCUT2D eigenvalue weighted by Crippen LogP contribution is -2.43. The van der Waals surface area contributed by atoms with Crippen LogP contribution in [0.25, 0.3) is 0 Å². The first-order chi connectivity index (χ1) is 14.5. The van der Waals surface area contributed by atoms with Crippen LogP contribution in [0.3, 0.4) is 0 Å². The molecule has 3 aromatic heterocycles. The van der Waals surface area contributed by atoms with Crippen molar-refractivity contribution in [3.8, 4) is 0 Å². The molecule has 0 atom stereocenters. The van der Waals surface area contributed by atoms with Gasteiger partial charge in [-0.15, -0.1) is 11.3 Å². The molecule has 0 bridgehead atoms. The van der Waals surface area contributed by atoms with Gasteiger partial charge in [0.1, 0.15) is 16.7 Å². The number of nitrogens with one attached hydrogen (secondary N) is 1. The number of halogens is 1. The van der Waals surface area contributed by atoms with E-state index in [1.54, 1.807) is 29.8 Å². The van der Waals surface area contributed by atoms with Gasteiger partial charge in [0, 0.05) is 45.7 Å². The minimum Gasteiger partial charge on any atom is -0.382 e. The zero-order valence-electron chi connectivity index (χ0n) is 16.1. The summed E-state index contributed by atoms with van der Waals surface area (Å²) in [6, 6.07) is 3.87. The Hall–Kier alpha value is -2.36. The van der Waals surface area contributed by atoms with Crippen LogP contribution in [0.4, 0.5) is 17.5 Å². The number of thiophene rings is 1. The quantitative estimate of drug-likeness (QED) is 0.541. The number of rotatable bonds is 3. The van der Waals surface area contributed by atoms with E-state index < -0.39 is 0 Å². The maximum atomic E-state index is 8.67. The van der Waals surface area contributed by atoms with Crippen LogP contribution in [-0.4, -0.2) is 33.8 Å². The van der Waals surface area contributed by atoms with Crippen molar-refractivity contribution in [1.82, 2.24) is 15.0 Å². The SMILES string of the molecule is N=C1c2ccsc2CC12CCN(c1cnc(Sc3ccnc(N)c3Cl)c(N)n1)CC2. The predicted molar refractivity (Wildman–Crippen MR) is 123 cm³/mol. The van der Waals surface area contributed by atoms with E-state index in [1.165, 1.54) is 16.6 Å². The predicted octanol–water partition coefficient (Wildman–Crippen LogP) is 4.11. The maximum absolute atomic E-state index is 8.67. The van der Waals surface area contributed by atoms with Gasteiger partial charge in [0.25, 0.3) is 0 Å². The Labute approximate surface area is 187 Å². The molecule has 1 spiro atoms. The molecule has 154 valence electrons. The summed E-state index contributed by atoms with van der Waals surface area (Å²) in [6.45, 7) is 1.68. The van der Waals surface area contributed by atoms with Gasteiger partial charge in [-0.1, -0.05) is 23.4 Å². The first-order valence-electron chi connectivity index (χ1n) is 9.58. The van der Waals surface area contributed by atoms with Crippen LogP contribution < -0.4 is 16.4 Å². The first kappa shape index (κ1) is 19.6. The van der Waals surface area contributed by atoms with Crippen molar-refractivity contribution in [1.29, 1.82) is 5.41 Å². The highest BCUT2D eigenvalue weighted by atomic mass is 35.5. The second kappa shape index (κ2) is 7.40. The first-order valence-corrected chi connectivity index (χ1v) is 11.7. The molecule has 30 heavy (non-hydrogen) atoms.